The van der Waals surface area contributed by atoms with Crippen molar-refractivity contribution >= 4 is 16.9 Å². The number of hydrogen-bond donors (Lipinski definition) is 2. The van der Waals surface area contributed by atoms with Crippen molar-refractivity contribution in [1.82, 2.24) is 15.3 Å². The smallest absolute Gasteiger partial charge is 0.253 e. The van der Waals surface area contributed by atoms with Gasteiger partial charge in [-0.05, 0) is 64.2 Å². The highest BCUT2D eigenvalue weighted by molar-refractivity contribution is 5.97. The molecule has 2 aliphatic rings. The van der Waals surface area contributed by atoms with Crippen molar-refractivity contribution in [2.45, 2.75) is 64.0 Å². The molecule has 5 nitrogen and oxygen atoms in total. The van der Waals surface area contributed by atoms with Crippen molar-refractivity contribution < 1.29 is 9.90 Å². The van der Waals surface area contributed by atoms with E-state index in [1.165, 1.54) is 19.3 Å². The number of nitrogens with zero attached hydrogens (tertiary/aromatic N) is 2. The molecular weight excluding hydrogens is 302 g/mol. The topological polar surface area (TPSA) is 75.1 Å². The first-order valence-electron chi connectivity index (χ1n) is 8.78. The van der Waals surface area contributed by atoms with Gasteiger partial charge in [0.1, 0.15) is 0 Å². The molecule has 2 aromatic heterocycles. The zero-order valence-electron chi connectivity index (χ0n) is 14.3. The summed E-state index contributed by atoms with van der Waals surface area (Å²) in [5, 5.41) is 12.0. The second-order valence-electron chi connectivity index (χ2n) is 6.98. The first kappa shape index (κ1) is 16.8. The molecule has 4 rings (SSSR count). The van der Waals surface area contributed by atoms with Crippen LogP contribution in [0.1, 0.15) is 67.9 Å². The molecule has 5 heteroatoms. The van der Waals surface area contributed by atoms with Crippen molar-refractivity contribution in [3.05, 3.63) is 35.7 Å². The van der Waals surface area contributed by atoms with Gasteiger partial charge in [-0.15, -0.1) is 0 Å². The minimum atomic E-state index is -0.167. The fourth-order valence-corrected chi connectivity index (χ4v) is 2.58. The molecule has 0 bridgehead atoms. The molecule has 0 saturated heterocycles. The fourth-order valence-electron chi connectivity index (χ4n) is 2.58. The fraction of sp³-hybridized carbons (Fsp3) is 0.526. The SMILES string of the molecule is CC(C)O.O=C(NC1CCC1)c1cnc2nc(C3CC3)ccc2c1. The van der Waals surface area contributed by atoms with E-state index in [0.717, 1.165) is 29.6 Å². The largest absolute Gasteiger partial charge is 0.394 e. The minimum absolute atomic E-state index is 0.0182. The van der Waals surface area contributed by atoms with Gasteiger partial charge < -0.3 is 10.4 Å². The lowest BCUT2D eigenvalue weighted by atomic mass is 9.93. The van der Waals surface area contributed by atoms with E-state index in [1.54, 1.807) is 20.0 Å². The van der Waals surface area contributed by atoms with Crippen LogP contribution in [-0.4, -0.2) is 33.1 Å². The summed E-state index contributed by atoms with van der Waals surface area (Å²) in [7, 11) is 0. The highest BCUT2D eigenvalue weighted by Gasteiger charge is 2.25. The van der Waals surface area contributed by atoms with E-state index in [-0.39, 0.29) is 12.0 Å². The van der Waals surface area contributed by atoms with Gasteiger partial charge in [-0.25, -0.2) is 9.97 Å². The molecule has 128 valence electrons. The first-order valence-corrected chi connectivity index (χ1v) is 8.78. The van der Waals surface area contributed by atoms with Crippen LogP contribution in [0, 0.1) is 0 Å². The molecule has 0 unspecified atom stereocenters. The van der Waals surface area contributed by atoms with Crippen LogP contribution in [0.25, 0.3) is 11.0 Å². The predicted molar refractivity (Wildman–Crippen MR) is 94.0 cm³/mol. The monoisotopic (exact) mass is 327 g/mol. The molecule has 0 radical (unpaired) electrons. The van der Waals surface area contributed by atoms with Gasteiger partial charge in [-0.1, -0.05) is 0 Å². The predicted octanol–water partition coefficient (Wildman–Crippen LogP) is 3.18. The van der Waals surface area contributed by atoms with E-state index >= 15 is 0 Å². The number of carbonyl (C=O) groups is 1. The highest BCUT2D eigenvalue weighted by Crippen LogP contribution is 2.39. The van der Waals surface area contributed by atoms with Crippen LogP contribution in [0.3, 0.4) is 0 Å². The molecule has 0 aliphatic heterocycles. The first-order chi connectivity index (χ1) is 11.5. The van der Waals surface area contributed by atoms with Crippen molar-refractivity contribution in [2.75, 3.05) is 0 Å². The summed E-state index contributed by atoms with van der Waals surface area (Å²) in [6.45, 7) is 3.44. The van der Waals surface area contributed by atoms with Crippen molar-refractivity contribution in [2.24, 2.45) is 0 Å². The minimum Gasteiger partial charge on any atom is -0.394 e. The summed E-state index contributed by atoms with van der Waals surface area (Å²) < 4.78 is 0. The molecule has 1 amide bonds. The van der Waals surface area contributed by atoms with Gasteiger partial charge in [0.05, 0.1) is 5.56 Å². The number of aliphatic hydroxyl groups is 1. The lowest BCUT2D eigenvalue weighted by molar-refractivity contribution is 0.0916. The number of rotatable bonds is 3. The van der Waals surface area contributed by atoms with Crippen LogP contribution in [0.15, 0.2) is 24.4 Å². The molecule has 2 saturated carbocycles. The van der Waals surface area contributed by atoms with Crippen LogP contribution in [0.5, 0.6) is 0 Å². The molecular formula is C19H25N3O2. The summed E-state index contributed by atoms with van der Waals surface area (Å²) in [6, 6.07) is 6.34. The van der Waals surface area contributed by atoms with Crippen LogP contribution in [0.2, 0.25) is 0 Å². The number of carbonyl (C=O) groups excluding carboxylic acids is 1. The third kappa shape index (κ3) is 4.29. The molecule has 2 aromatic rings. The number of aromatic nitrogens is 2. The Labute approximate surface area is 142 Å². The summed E-state index contributed by atoms with van der Waals surface area (Å²) in [6.07, 6.45) is 7.35. The third-order valence-electron chi connectivity index (χ3n) is 4.26. The third-order valence-corrected chi connectivity index (χ3v) is 4.26. The maximum absolute atomic E-state index is 12.1. The van der Waals surface area contributed by atoms with Gasteiger partial charge in [0.15, 0.2) is 5.65 Å². The second kappa shape index (κ2) is 7.26. The molecule has 2 heterocycles. The van der Waals surface area contributed by atoms with Crippen molar-refractivity contribution in [3.63, 3.8) is 0 Å². The molecule has 2 aliphatic carbocycles. The molecule has 0 atom stereocenters. The van der Waals surface area contributed by atoms with Crippen LogP contribution in [-0.2, 0) is 0 Å². The van der Waals surface area contributed by atoms with Crippen LogP contribution in [0.4, 0.5) is 0 Å². The molecule has 0 spiro atoms. The van der Waals surface area contributed by atoms with Gasteiger partial charge in [0.25, 0.3) is 5.91 Å². The number of fused-ring (bicyclic) bond motifs is 1. The van der Waals surface area contributed by atoms with Crippen molar-refractivity contribution in [1.29, 1.82) is 0 Å². The second-order valence-corrected chi connectivity index (χ2v) is 6.98. The van der Waals surface area contributed by atoms with Gasteiger partial charge in [0.2, 0.25) is 0 Å². The Morgan fingerprint density at radius 2 is 1.96 bits per heavy atom. The summed E-state index contributed by atoms with van der Waals surface area (Å²) in [5.74, 6) is 0.609. The number of aliphatic hydroxyl groups excluding tert-OH is 1. The zero-order chi connectivity index (χ0) is 17.1. The quantitative estimate of drug-likeness (QED) is 0.908. The standard InChI is InChI=1S/C16H17N3O.C3H8O/c20-16(18-13-2-1-3-13)12-8-11-6-7-14(10-4-5-10)19-15(11)17-9-12;1-3(2)4/h6-10,13H,1-5H2,(H,18,20);3-4H,1-2H3. The Balaban J connectivity index is 0.000000383. The molecule has 2 fully saturated rings. The van der Waals surface area contributed by atoms with Crippen molar-refractivity contribution in [3.8, 4) is 0 Å². The highest BCUT2D eigenvalue weighted by atomic mass is 16.3. The van der Waals surface area contributed by atoms with Crippen LogP contribution >= 0.6 is 0 Å². The maximum atomic E-state index is 12.1. The van der Waals surface area contributed by atoms with E-state index in [0.29, 0.717) is 17.5 Å². The Morgan fingerprint density at radius 3 is 2.54 bits per heavy atom. The normalized spacial score (nSPS) is 17.2. The van der Waals surface area contributed by atoms with Gasteiger partial charge in [-0.3, -0.25) is 4.79 Å². The average molecular weight is 327 g/mol. The summed E-state index contributed by atoms with van der Waals surface area (Å²) in [4.78, 5) is 21.0. The van der Waals surface area contributed by atoms with E-state index in [4.69, 9.17) is 5.11 Å². The van der Waals surface area contributed by atoms with Gasteiger partial charge in [-0.2, -0.15) is 0 Å². The summed E-state index contributed by atoms with van der Waals surface area (Å²) in [5.41, 5.74) is 2.51. The Hall–Kier alpha value is -2.01. The van der Waals surface area contributed by atoms with Crippen LogP contribution < -0.4 is 5.32 Å². The van der Waals surface area contributed by atoms with Gasteiger partial charge in [0, 0.05) is 35.3 Å². The molecule has 0 aromatic carbocycles. The summed E-state index contributed by atoms with van der Waals surface area (Å²) >= 11 is 0. The van der Waals surface area contributed by atoms with E-state index in [1.807, 2.05) is 12.1 Å². The number of nitrogens with one attached hydrogen (secondary N) is 1. The molecule has 2 N–H and O–H groups in total. The Bertz CT molecular complexity index is 719. The zero-order valence-corrected chi connectivity index (χ0v) is 14.3. The molecule has 24 heavy (non-hydrogen) atoms. The average Bonchev–Trinajstić information content (AvgIpc) is 3.34. The Kier molecular flexibility index (Phi) is 5.09. The van der Waals surface area contributed by atoms with Gasteiger partial charge >= 0.3 is 0 Å². The van der Waals surface area contributed by atoms with E-state index in [9.17, 15) is 4.79 Å². The number of amides is 1. The van der Waals surface area contributed by atoms with E-state index < -0.39 is 0 Å². The Morgan fingerprint density at radius 1 is 1.25 bits per heavy atom. The maximum Gasteiger partial charge on any atom is 0.253 e. The number of pyridine rings is 2. The lowest BCUT2D eigenvalue weighted by Gasteiger charge is -2.26. The van der Waals surface area contributed by atoms with E-state index in [2.05, 4.69) is 21.4 Å². The lowest BCUT2D eigenvalue weighted by Crippen LogP contribution is -2.39. The number of hydrogen-bond acceptors (Lipinski definition) is 4.